The second kappa shape index (κ2) is 8.75. The van der Waals surface area contributed by atoms with E-state index in [1.165, 1.54) is 6.08 Å². The molecular weight excluding hydrogens is 390 g/mol. The summed E-state index contributed by atoms with van der Waals surface area (Å²) in [6.07, 6.45) is 7.19. The van der Waals surface area contributed by atoms with Crippen molar-refractivity contribution in [1.82, 2.24) is 9.38 Å². The molecular formula is C25H23N3O3. The number of hydrogen-bond donors (Lipinski definition) is 1. The van der Waals surface area contributed by atoms with Crippen molar-refractivity contribution in [2.45, 2.75) is 6.92 Å². The smallest absolute Gasteiger partial charge is 0.248 e. The highest BCUT2D eigenvalue weighted by Gasteiger charge is 2.07. The number of nitrogens with zero attached hydrogens (tertiary/aromatic N) is 2. The average molecular weight is 413 g/mol. The van der Waals surface area contributed by atoms with Gasteiger partial charge < -0.3 is 19.2 Å². The minimum absolute atomic E-state index is 0.243. The Labute approximate surface area is 180 Å². The first-order valence-electron chi connectivity index (χ1n) is 9.82. The number of carbonyl (C=O) groups is 1. The quantitative estimate of drug-likeness (QED) is 0.453. The zero-order chi connectivity index (χ0) is 21.8. The molecule has 0 radical (unpaired) electrons. The van der Waals surface area contributed by atoms with Crippen LogP contribution in [0, 0.1) is 6.92 Å². The van der Waals surface area contributed by atoms with Crippen LogP contribution in [-0.2, 0) is 4.79 Å². The Bertz CT molecular complexity index is 1270. The lowest BCUT2D eigenvalue weighted by Gasteiger charge is -2.07. The number of aromatic nitrogens is 2. The lowest BCUT2D eigenvalue weighted by atomic mass is 10.1. The molecule has 2 heterocycles. The van der Waals surface area contributed by atoms with Gasteiger partial charge in [-0.1, -0.05) is 18.2 Å². The van der Waals surface area contributed by atoms with Crippen LogP contribution < -0.4 is 14.8 Å². The van der Waals surface area contributed by atoms with Crippen LogP contribution in [0.2, 0.25) is 0 Å². The molecule has 1 amide bonds. The van der Waals surface area contributed by atoms with Crippen molar-refractivity contribution < 1.29 is 14.3 Å². The molecule has 0 aliphatic rings. The van der Waals surface area contributed by atoms with Crippen LogP contribution >= 0.6 is 0 Å². The van der Waals surface area contributed by atoms with Crippen LogP contribution in [0.4, 0.5) is 5.69 Å². The Morgan fingerprint density at radius 3 is 2.71 bits per heavy atom. The minimum Gasteiger partial charge on any atom is -0.497 e. The highest BCUT2D eigenvalue weighted by Crippen LogP contribution is 2.26. The number of nitrogens with one attached hydrogen (secondary N) is 1. The van der Waals surface area contributed by atoms with Crippen molar-refractivity contribution in [3.63, 3.8) is 0 Å². The Hall–Kier alpha value is -4.06. The van der Waals surface area contributed by atoms with Crippen molar-refractivity contribution in [2.24, 2.45) is 0 Å². The average Bonchev–Trinajstić information content (AvgIpc) is 3.21. The Morgan fingerprint density at radius 1 is 1.03 bits per heavy atom. The summed E-state index contributed by atoms with van der Waals surface area (Å²) in [5.41, 5.74) is 5.27. The lowest BCUT2D eigenvalue weighted by molar-refractivity contribution is -0.111. The molecule has 4 rings (SSSR count). The van der Waals surface area contributed by atoms with Crippen molar-refractivity contribution in [3.8, 4) is 22.8 Å². The number of carbonyl (C=O) groups excluding carboxylic acids is 1. The molecule has 1 N–H and O–H groups in total. The third-order valence-corrected chi connectivity index (χ3v) is 4.88. The van der Waals surface area contributed by atoms with Gasteiger partial charge >= 0.3 is 0 Å². The molecule has 0 saturated heterocycles. The van der Waals surface area contributed by atoms with Crippen LogP contribution in [0.15, 0.2) is 73.1 Å². The fraction of sp³-hybridized carbons (Fsp3) is 0.120. The summed E-state index contributed by atoms with van der Waals surface area (Å²) in [5.74, 6) is 1.11. The van der Waals surface area contributed by atoms with E-state index in [0.717, 1.165) is 28.0 Å². The first kappa shape index (κ1) is 20.2. The van der Waals surface area contributed by atoms with Gasteiger partial charge in [0.05, 0.1) is 19.9 Å². The molecule has 0 saturated carbocycles. The zero-order valence-electron chi connectivity index (χ0n) is 17.6. The number of aryl methyl sites for hydroxylation is 1. The van der Waals surface area contributed by atoms with E-state index in [4.69, 9.17) is 9.47 Å². The van der Waals surface area contributed by atoms with Crippen LogP contribution in [0.1, 0.15) is 11.1 Å². The number of amides is 1. The molecule has 4 aromatic rings. The van der Waals surface area contributed by atoms with Gasteiger partial charge in [0.1, 0.15) is 17.1 Å². The first-order chi connectivity index (χ1) is 15.1. The number of benzene rings is 2. The Morgan fingerprint density at radius 2 is 1.90 bits per heavy atom. The number of methoxy groups -OCH3 is 2. The molecule has 156 valence electrons. The van der Waals surface area contributed by atoms with Gasteiger partial charge in [-0.25, -0.2) is 4.98 Å². The number of ether oxygens (including phenoxy) is 2. The van der Waals surface area contributed by atoms with E-state index in [1.54, 1.807) is 26.4 Å². The highest BCUT2D eigenvalue weighted by molar-refractivity contribution is 6.02. The zero-order valence-corrected chi connectivity index (χ0v) is 17.6. The van der Waals surface area contributed by atoms with Crippen molar-refractivity contribution in [1.29, 1.82) is 0 Å². The maximum Gasteiger partial charge on any atom is 0.248 e. The summed E-state index contributed by atoms with van der Waals surface area (Å²) in [4.78, 5) is 17.1. The number of hydrogen-bond acceptors (Lipinski definition) is 4. The molecule has 0 aliphatic heterocycles. The summed E-state index contributed by atoms with van der Waals surface area (Å²) < 4.78 is 12.6. The maximum absolute atomic E-state index is 12.5. The second-order valence-corrected chi connectivity index (χ2v) is 7.11. The molecule has 0 unspecified atom stereocenters. The monoisotopic (exact) mass is 413 g/mol. The van der Waals surface area contributed by atoms with Gasteiger partial charge in [0.25, 0.3) is 0 Å². The van der Waals surface area contributed by atoms with Crippen molar-refractivity contribution in [3.05, 3.63) is 84.2 Å². The van der Waals surface area contributed by atoms with E-state index >= 15 is 0 Å². The van der Waals surface area contributed by atoms with Gasteiger partial charge in [-0.2, -0.15) is 0 Å². The number of pyridine rings is 1. The summed E-state index contributed by atoms with van der Waals surface area (Å²) in [5, 5.41) is 2.90. The Kier molecular flexibility index (Phi) is 5.71. The van der Waals surface area contributed by atoms with E-state index in [2.05, 4.69) is 10.3 Å². The number of rotatable bonds is 6. The van der Waals surface area contributed by atoms with E-state index in [-0.39, 0.29) is 5.91 Å². The van der Waals surface area contributed by atoms with E-state index in [1.807, 2.05) is 72.2 Å². The van der Waals surface area contributed by atoms with Crippen molar-refractivity contribution in [2.75, 3.05) is 19.5 Å². The summed E-state index contributed by atoms with van der Waals surface area (Å²) in [7, 11) is 3.19. The minimum atomic E-state index is -0.243. The molecule has 0 atom stereocenters. The topological polar surface area (TPSA) is 64.9 Å². The fourth-order valence-corrected chi connectivity index (χ4v) is 3.32. The molecule has 0 fully saturated rings. The largest absolute Gasteiger partial charge is 0.497 e. The summed E-state index contributed by atoms with van der Waals surface area (Å²) >= 11 is 0. The molecule has 6 heteroatoms. The maximum atomic E-state index is 12.5. The van der Waals surface area contributed by atoms with Crippen LogP contribution in [0.3, 0.4) is 0 Å². The van der Waals surface area contributed by atoms with Gasteiger partial charge in [-0.3, -0.25) is 4.79 Å². The standard InChI is InChI=1S/C25H23N3O3/c1-17-7-11-24-27-22(16-28(24)15-17)18-5-4-6-20(13-18)26-25(29)12-8-19-14-21(30-2)9-10-23(19)31-3/h4-16H,1-3H3,(H,26,29)/b12-8+. The van der Waals surface area contributed by atoms with Crippen molar-refractivity contribution >= 4 is 23.3 Å². The third-order valence-electron chi connectivity index (χ3n) is 4.88. The van der Waals surface area contributed by atoms with E-state index in [9.17, 15) is 4.79 Å². The van der Waals surface area contributed by atoms with E-state index < -0.39 is 0 Å². The Balaban J connectivity index is 1.52. The van der Waals surface area contributed by atoms with Gasteiger partial charge in [0.2, 0.25) is 5.91 Å². The first-order valence-corrected chi connectivity index (χ1v) is 9.82. The molecule has 0 bridgehead atoms. The van der Waals surface area contributed by atoms with Gasteiger partial charge in [-0.05, 0) is 55.0 Å². The predicted molar refractivity (Wildman–Crippen MR) is 123 cm³/mol. The van der Waals surface area contributed by atoms with E-state index in [0.29, 0.717) is 17.2 Å². The molecule has 2 aromatic heterocycles. The number of imidazole rings is 1. The lowest BCUT2D eigenvalue weighted by Crippen LogP contribution is -2.07. The fourth-order valence-electron chi connectivity index (χ4n) is 3.32. The number of anilines is 1. The van der Waals surface area contributed by atoms with Crippen LogP contribution in [0.25, 0.3) is 23.0 Å². The third kappa shape index (κ3) is 4.59. The van der Waals surface area contributed by atoms with Gasteiger partial charge in [-0.15, -0.1) is 0 Å². The molecule has 2 aromatic carbocycles. The molecule has 6 nitrogen and oxygen atoms in total. The molecule has 0 aliphatic carbocycles. The summed E-state index contributed by atoms with van der Waals surface area (Å²) in [6.45, 7) is 2.05. The SMILES string of the molecule is COc1ccc(OC)c(/C=C/C(=O)Nc2cccc(-c3cn4cc(C)ccc4n3)c2)c1. The van der Waals surface area contributed by atoms with Crippen LogP contribution in [0.5, 0.6) is 11.5 Å². The highest BCUT2D eigenvalue weighted by atomic mass is 16.5. The van der Waals surface area contributed by atoms with Gasteiger partial charge in [0, 0.05) is 35.3 Å². The second-order valence-electron chi connectivity index (χ2n) is 7.11. The predicted octanol–water partition coefficient (Wildman–Crippen LogP) is 4.98. The number of fused-ring (bicyclic) bond motifs is 1. The summed E-state index contributed by atoms with van der Waals surface area (Å²) in [6, 6.07) is 17.1. The normalized spacial score (nSPS) is 11.1. The van der Waals surface area contributed by atoms with Crippen LogP contribution in [-0.4, -0.2) is 29.5 Å². The van der Waals surface area contributed by atoms with Gasteiger partial charge in [0.15, 0.2) is 0 Å². The molecule has 31 heavy (non-hydrogen) atoms. The molecule has 0 spiro atoms.